The summed E-state index contributed by atoms with van der Waals surface area (Å²) in [6.45, 7) is 2.09. The van der Waals surface area contributed by atoms with E-state index in [-0.39, 0.29) is 19.0 Å². The van der Waals surface area contributed by atoms with Gasteiger partial charge in [0.25, 0.3) is 0 Å². The third kappa shape index (κ3) is 2.57. The number of halogens is 1. The van der Waals surface area contributed by atoms with E-state index in [0.717, 1.165) is 6.42 Å². The fourth-order valence-electron chi connectivity index (χ4n) is 2.44. The smallest absolute Gasteiger partial charge is 0.247 e. The van der Waals surface area contributed by atoms with Crippen LogP contribution in [-0.2, 0) is 4.74 Å². The van der Waals surface area contributed by atoms with Crippen LogP contribution >= 0.6 is 0 Å². The number of hydrogen-bond acceptors (Lipinski definition) is 7. The summed E-state index contributed by atoms with van der Waals surface area (Å²) in [5.41, 5.74) is 6.58. The van der Waals surface area contributed by atoms with Crippen molar-refractivity contribution >= 4 is 17.1 Å². The molecule has 1 aliphatic heterocycles. The molecule has 0 aliphatic carbocycles. The minimum Gasteiger partial charge on any atom is -0.476 e. The molecule has 120 valence electrons. The van der Waals surface area contributed by atoms with Crippen LogP contribution in [0.5, 0.6) is 5.88 Å². The predicted octanol–water partition coefficient (Wildman–Crippen LogP) is 0.815. The molecule has 1 saturated heterocycles. The minimum atomic E-state index is -1.23. The van der Waals surface area contributed by atoms with Gasteiger partial charge in [-0.25, -0.2) is 9.37 Å². The van der Waals surface area contributed by atoms with Gasteiger partial charge in [0.05, 0.1) is 19.5 Å². The molecular formula is C13H18FN5O3. The average molecular weight is 311 g/mol. The van der Waals surface area contributed by atoms with Crippen molar-refractivity contribution in [1.82, 2.24) is 19.5 Å². The first-order valence-corrected chi connectivity index (χ1v) is 7.17. The summed E-state index contributed by atoms with van der Waals surface area (Å²) in [7, 11) is 0. The third-order valence-corrected chi connectivity index (χ3v) is 3.50. The Labute approximate surface area is 126 Å². The second-order valence-corrected chi connectivity index (χ2v) is 5.12. The Kier molecular flexibility index (Phi) is 4.08. The minimum absolute atomic E-state index is 0.0499. The van der Waals surface area contributed by atoms with Gasteiger partial charge in [-0.15, -0.1) is 0 Å². The maximum atomic E-state index is 13.8. The van der Waals surface area contributed by atoms with Crippen LogP contribution in [0.4, 0.5) is 10.3 Å². The normalized spacial score (nSPS) is 25.0. The molecular weight excluding hydrogens is 293 g/mol. The van der Waals surface area contributed by atoms with E-state index in [1.54, 1.807) is 4.57 Å². The summed E-state index contributed by atoms with van der Waals surface area (Å²) in [5, 5.41) is 9.09. The lowest BCUT2D eigenvalue weighted by molar-refractivity contribution is -0.0323. The Bertz CT molecular complexity index is 664. The first kappa shape index (κ1) is 14.9. The van der Waals surface area contributed by atoms with Crippen molar-refractivity contribution in [3.05, 3.63) is 6.33 Å². The first-order chi connectivity index (χ1) is 10.6. The molecule has 0 radical (unpaired) electrons. The van der Waals surface area contributed by atoms with E-state index in [1.165, 1.54) is 6.33 Å². The van der Waals surface area contributed by atoms with E-state index >= 15 is 0 Å². The van der Waals surface area contributed by atoms with Crippen molar-refractivity contribution in [2.75, 3.05) is 18.9 Å². The van der Waals surface area contributed by atoms with Crippen molar-refractivity contribution in [1.29, 1.82) is 0 Å². The summed E-state index contributed by atoms with van der Waals surface area (Å²) in [5.74, 6) is 0.352. The van der Waals surface area contributed by atoms with Crippen molar-refractivity contribution in [2.24, 2.45) is 0 Å². The lowest BCUT2D eigenvalue weighted by Gasteiger charge is -2.13. The molecule has 1 unspecified atom stereocenters. The van der Waals surface area contributed by atoms with Gasteiger partial charge in [0, 0.05) is 6.42 Å². The Morgan fingerprint density at radius 1 is 1.55 bits per heavy atom. The number of aliphatic hydroxyl groups is 1. The maximum absolute atomic E-state index is 13.8. The molecule has 0 saturated carbocycles. The highest BCUT2D eigenvalue weighted by molar-refractivity contribution is 5.77. The fraction of sp³-hybridized carbons (Fsp3) is 0.615. The first-order valence-electron chi connectivity index (χ1n) is 7.17. The number of fused-ring (bicyclic) bond motifs is 1. The van der Waals surface area contributed by atoms with Crippen molar-refractivity contribution in [3.63, 3.8) is 0 Å². The summed E-state index contributed by atoms with van der Waals surface area (Å²) < 4.78 is 26.4. The average Bonchev–Trinajstić information content (AvgIpc) is 3.07. The van der Waals surface area contributed by atoms with Crippen LogP contribution in [0.3, 0.4) is 0 Å². The molecule has 22 heavy (non-hydrogen) atoms. The van der Waals surface area contributed by atoms with Crippen LogP contribution in [0.2, 0.25) is 0 Å². The number of alkyl halides is 1. The lowest BCUT2D eigenvalue weighted by Crippen LogP contribution is -2.21. The van der Waals surface area contributed by atoms with E-state index in [2.05, 4.69) is 15.0 Å². The van der Waals surface area contributed by atoms with E-state index in [4.69, 9.17) is 20.3 Å². The van der Waals surface area contributed by atoms with Crippen LogP contribution in [0.1, 0.15) is 26.0 Å². The van der Waals surface area contributed by atoms with Crippen LogP contribution in [0.25, 0.3) is 11.2 Å². The molecule has 0 aromatic carbocycles. The van der Waals surface area contributed by atoms with Crippen molar-refractivity contribution in [2.45, 2.75) is 38.3 Å². The Hall–Kier alpha value is -2.00. The number of aliphatic hydroxyl groups excluding tert-OH is 1. The fourth-order valence-corrected chi connectivity index (χ4v) is 2.44. The summed E-state index contributed by atoms with van der Waals surface area (Å²) in [6.07, 6.45) is -0.231. The lowest BCUT2D eigenvalue weighted by atomic mass is 10.2. The summed E-state index contributed by atoms with van der Waals surface area (Å²) in [4.78, 5) is 12.4. The number of aromatic nitrogens is 4. The summed E-state index contributed by atoms with van der Waals surface area (Å²) >= 11 is 0. The second kappa shape index (κ2) is 6.01. The van der Waals surface area contributed by atoms with Crippen LogP contribution in [0, 0.1) is 0 Å². The standard InChI is InChI=1S/C13H18FN5O3/c1-2-3-21-12-10-11(17-13(15)18-12)19(6-16-10)9-4-7(14)8(5-20)22-9/h6-9,20H,2-5H2,1H3,(H2,15,17,18)/t7-,8+,9?/m0/s1. The molecule has 9 heteroatoms. The molecule has 0 spiro atoms. The molecule has 3 rings (SSSR count). The Balaban J connectivity index is 1.96. The molecule has 2 aromatic heterocycles. The SMILES string of the molecule is CCCOc1nc(N)nc2c1ncn2C1C[C@H](F)[C@@H](CO)O1. The highest BCUT2D eigenvalue weighted by Gasteiger charge is 2.37. The Morgan fingerprint density at radius 2 is 2.36 bits per heavy atom. The monoisotopic (exact) mass is 311 g/mol. The molecule has 3 heterocycles. The van der Waals surface area contributed by atoms with Gasteiger partial charge in [-0.05, 0) is 6.42 Å². The predicted molar refractivity (Wildman–Crippen MR) is 76.0 cm³/mol. The van der Waals surface area contributed by atoms with Gasteiger partial charge in [-0.3, -0.25) is 4.57 Å². The highest BCUT2D eigenvalue weighted by Crippen LogP contribution is 2.33. The van der Waals surface area contributed by atoms with Gasteiger partial charge in [-0.2, -0.15) is 9.97 Å². The number of ether oxygens (including phenoxy) is 2. The van der Waals surface area contributed by atoms with Crippen molar-refractivity contribution in [3.8, 4) is 5.88 Å². The van der Waals surface area contributed by atoms with E-state index in [0.29, 0.717) is 23.7 Å². The van der Waals surface area contributed by atoms with Crippen LogP contribution < -0.4 is 10.5 Å². The van der Waals surface area contributed by atoms with Gasteiger partial charge in [-0.1, -0.05) is 6.92 Å². The van der Waals surface area contributed by atoms with Gasteiger partial charge in [0.1, 0.15) is 18.5 Å². The third-order valence-electron chi connectivity index (χ3n) is 3.50. The zero-order chi connectivity index (χ0) is 15.7. The number of anilines is 1. The largest absolute Gasteiger partial charge is 0.476 e. The van der Waals surface area contributed by atoms with Crippen LogP contribution in [-0.4, -0.2) is 50.1 Å². The molecule has 8 nitrogen and oxygen atoms in total. The van der Waals surface area contributed by atoms with Crippen molar-refractivity contribution < 1.29 is 19.0 Å². The molecule has 3 atom stereocenters. The molecule has 3 N–H and O–H groups in total. The van der Waals surface area contributed by atoms with E-state index in [1.807, 2.05) is 6.92 Å². The van der Waals surface area contributed by atoms with Gasteiger partial charge >= 0.3 is 0 Å². The van der Waals surface area contributed by atoms with E-state index < -0.39 is 18.5 Å². The number of imidazole rings is 1. The zero-order valence-electron chi connectivity index (χ0n) is 12.1. The second-order valence-electron chi connectivity index (χ2n) is 5.12. The molecule has 0 bridgehead atoms. The summed E-state index contributed by atoms with van der Waals surface area (Å²) in [6, 6.07) is 0. The Morgan fingerprint density at radius 3 is 3.05 bits per heavy atom. The zero-order valence-corrected chi connectivity index (χ0v) is 12.1. The molecule has 0 amide bonds. The maximum Gasteiger partial charge on any atom is 0.247 e. The molecule has 1 fully saturated rings. The van der Waals surface area contributed by atoms with Gasteiger partial charge in [0.2, 0.25) is 11.8 Å². The number of rotatable bonds is 5. The highest BCUT2D eigenvalue weighted by atomic mass is 19.1. The number of nitrogens with two attached hydrogens (primary N) is 1. The van der Waals surface area contributed by atoms with Crippen LogP contribution in [0.15, 0.2) is 6.33 Å². The van der Waals surface area contributed by atoms with E-state index in [9.17, 15) is 4.39 Å². The molecule has 2 aromatic rings. The number of nitrogen functional groups attached to an aromatic ring is 1. The number of hydrogen-bond donors (Lipinski definition) is 2. The van der Waals surface area contributed by atoms with Gasteiger partial charge < -0.3 is 20.3 Å². The van der Waals surface area contributed by atoms with Gasteiger partial charge in [0.15, 0.2) is 11.2 Å². The topological polar surface area (TPSA) is 108 Å². The quantitative estimate of drug-likeness (QED) is 0.841. The number of nitrogens with zero attached hydrogens (tertiary/aromatic N) is 4. The molecule has 1 aliphatic rings.